The molecule has 2 saturated heterocycles. The number of carboxylic acid groups (broad SMARTS) is 1. The lowest BCUT2D eigenvalue weighted by atomic mass is 9.83. The van der Waals surface area contributed by atoms with E-state index in [0.29, 0.717) is 25.7 Å². The quantitative estimate of drug-likeness (QED) is 0.0633. The fourth-order valence-corrected chi connectivity index (χ4v) is 8.13. The van der Waals surface area contributed by atoms with Crippen LogP contribution in [0.15, 0.2) is 12.2 Å². The molecule has 0 aromatic carbocycles. The molecule has 0 saturated carbocycles. The Balaban J connectivity index is 1.73. The average Bonchev–Trinajstić information content (AvgIpc) is 3.63. The molecule has 50 heavy (non-hydrogen) atoms. The second-order valence-corrected chi connectivity index (χ2v) is 17.3. The van der Waals surface area contributed by atoms with Gasteiger partial charge in [-0.2, -0.15) is 0 Å². The predicted octanol–water partition coefficient (Wildman–Crippen LogP) is 7.32. The molecule has 9 nitrogen and oxygen atoms in total. The van der Waals surface area contributed by atoms with Gasteiger partial charge in [-0.3, -0.25) is 14.4 Å². The maximum Gasteiger partial charge on any atom is 0.303 e. The van der Waals surface area contributed by atoms with Gasteiger partial charge >= 0.3 is 5.97 Å². The summed E-state index contributed by atoms with van der Waals surface area (Å²) in [5.41, 5.74) is -1.01. The van der Waals surface area contributed by atoms with Gasteiger partial charge in [0.15, 0.2) is 0 Å². The Morgan fingerprint density at radius 2 is 1.40 bits per heavy atom. The highest BCUT2D eigenvalue weighted by molar-refractivity contribution is 6.00. The van der Waals surface area contributed by atoms with Crippen LogP contribution in [0.25, 0.3) is 0 Å². The topological polar surface area (TPSA) is 151 Å². The third-order valence-electron chi connectivity index (χ3n) is 12.1. The van der Waals surface area contributed by atoms with E-state index in [2.05, 4.69) is 26.8 Å². The molecule has 0 amide bonds. The molecule has 9 heteroatoms. The first-order valence-electron chi connectivity index (χ1n) is 19.5. The number of hydrogen-bond acceptors (Lipinski definition) is 8. The average molecular weight is 709 g/mol. The van der Waals surface area contributed by atoms with Crippen molar-refractivity contribution in [2.24, 2.45) is 41.4 Å². The fraction of sp³-hybridized carbons (Fsp3) is 0.878. The molecule has 0 aliphatic carbocycles. The second-order valence-electron chi connectivity index (χ2n) is 17.3. The van der Waals surface area contributed by atoms with Gasteiger partial charge in [-0.1, -0.05) is 60.6 Å². The van der Waals surface area contributed by atoms with Gasteiger partial charge in [0, 0.05) is 30.1 Å². The van der Waals surface area contributed by atoms with Crippen molar-refractivity contribution in [3.8, 4) is 0 Å². The van der Waals surface area contributed by atoms with Gasteiger partial charge in [-0.15, -0.1) is 0 Å². The Bertz CT molecular complexity index is 1110. The molecule has 2 aliphatic rings. The highest BCUT2D eigenvalue weighted by Crippen LogP contribution is 2.45. The highest BCUT2D eigenvalue weighted by atomic mass is 16.6. The summed E-state index contributed by atoms with van der Waals surface area (Å²) in [6, 6.07) is 0. The van der Waals surface area contributed by atoms with Crippen LogP contribution in [0, 0.1) is 41.4 Å². The Kier molecular flexibility index (Phi) is 17.8. The number of Topliss-reactive ketones (excluding diaryl/α,β-unsaturated/α-hetero) is 2. The van der Waals surface area contributed by atoms with Crippen molar-refractivity contribution in [3.05, 3.63) is 12.2 Å². The van der Waals surface area contributed by atoms with Crippen LogP contribution in [0.5, 0.6) is 0 Å². The molecular weight excluding hydrogens is 636 g/mol. The van der Waals surface area contributed by atoms with Gasteiger partial charge in [0.2, 0.25) is 0 Å². The van der Waals surface area contributed by atoms with Crippen LogP contribution in [0.3, 0.4) is 0 Å². The van der Waals surface area contributed by atoms with Crippen molar-refractivity contribution in [3.63, 3.8) is 0 Å². The SMILES string of the molecule is C[C@H](CCC(=O)O)C[C@H](C)C[C@H](C)C(=O)CC(=O)[C@H](C)C[C@H](C)CC=C[C@@H](C)[C@@H](O)[C@@H](C)[C@@H](O)C[C@@H]1CC[C@@](C)([C@H]2CC[C@@](C)([C@@H](C)O)O2)O1. The smallest absolute Gasteiger partial charge is 0.303 e. The number of rotatable bonds is 23. The third kappa shape index (κ3) is 13.7. The molecule has 14 atom stereocenters. The Morgan fingerprint density at radius 1 is 0.800 bits per heavy atom. The molecule has 2 aliphatic heterocycles. The zero-order chi connectivity index (χ0) is 38.0. The zero-order valence-electron chi connectivity index (χ0n) is 32.9. The van der Waals surface area contributed by atoms with Crippen LogP contribution in [0.2, 0.25) is 0 Å². The molecule has 2 rings (SSSR count). The van der Waals surface area contributed by atoms with Crippen LogP contribution in [0.4, 0.5) is 0 Å². The minimum absolute atomic E-state index is 0.0184. The van der Waals surface area contributed by atoms with E-state index < -0.39 is 35.5 Å². The monoisotopic (exact) mass is 709 g/mol. The van der Waals surface area contributed by atoms with E-state index >= 15 is 0 Å². The number of hydrogen-bond donors (Lipinski definition) is 4. The number of aliphatic hydroxyl groups is 3. The molecule has 0 bridgehead atoms. The Labute approximate surface area is 303 Å². The van der Waals surface area contributed by atoms with Gasteiger partial charge in [0.1, 0.15) is 11.6 Å². The number of ether oxygens (including phenoxy) is 2. The lowest BCUT2D eigenvalue weighted by Gasteiger charge is -2.35. The largest absolute Gasteiger partial charge is 0.481 e. The molecule has 2 heterocycles. The van der Waals surface area contributed by atoms with Crippen molar-refractivity contribution in [2.45, 2.75) is 188 Å². The summed E-state index contributed by atoms with van der Waals surface area (Å²) in [5, 5.41) is 41.2. The first-order valence-corrected chi connectivity index (χ1v) is 19.5. The number of ketones is 2. The first-order chi connectivity index (χ1) is 23.2. The molecule has 0 radical (unpaired) electrons. The van der Waals surface area contributed by atoms with Gasteiger partial charge in [0.25, 0.3) is 0 Å². The van der Waals surface area contributed by atoms with Crippen molar-refractivity contribution < 1.29 is 44.3 Å². The maximum atomic E-state index is 12.9. The predicted molar refractivity (Wildman–Crippen MR) is 197 cm³/mol. The lowest BCUT2D eigenvalue weighted by molar-refractivity contribution is -0.172. The van der Waals surface area contributed by atoms with Crippen LogP contribution in [0.1, 0.15) is 146 Å². The van der Waals surface area contributed by atoms with Crippen molar-refractivity contribution in [1.82, 2.24) is 0 Å². The second kappa shape index (κ2) is 20.0. The van der Waals surface area contributed by atoms with Gasteiger partial charge < -0.3 is 29.9 Å². The van der Waals surface area contributed by atoms with Crippen LogP contribution >= 0.6 is 0 Å². The van der Waals surface area contributed by atoms with Crippen LogP contribution in [-0.2, 0) is 23.9 Å². The number of carboxylic acids is 1. The van der Waals surface area contributed by atoms with E-state index in [1.165, 1.54) is 0 Å². The fourth-order valence-electron chi connectivity index (χ4n) is 8.13. The summed E-state index contributed by atoms with van der Waals surface area (Å²) in [6.07, 6.45) is 9.30. The summed E-state index contributed by atoms with van der Waals surface area (Å²) in [5.74, 6) is -0.948. The minimum Gasteiger partial charge on any atom is -0.481 e. The van der Waals surface area contributed by atoms with Crippen molar-refractivity contribution >= 4 is 17.5 Å². The third-order valence-corrected chi connectivity index (χ3v) is 12.1. The van der Waals surface area contributed by atoms with E-state index in [-0.39, 0.29) is 78.0 Å². The summed E-state index contributed by atoms with van der Waals surface area (Å²) in [7, 11) is 0. The summed E-state index contributed by atoms with van der Waals surface area (Å²) < 4.78 is 12.7. The Morgan fingerprint density at radius 3 is 1.96 bits per heavy atom. The van der Waals surface area contributed by atoms with Crippen molar-refractivity contribution in [1.29, 1.82) is 0 Å². The molecule has 2 fully saturated rings. The van der Waals surface area contributed by atoms with Crippen LogP contribution in [-0.4, -0.2) is 79.7 Å². The molecular formula is C41H72O9. The number of aliphatic carboxylic acids is 1. The molecule has 0 aromatic rings. The van der Waals surface area contributed by atoms with Gasteiger partial charge in [0.05, 0.1) is 48.1 Å². The summed E-state index contributed by atoms with van der Waals surface area (Å²) in [4.78, 5) is 36.6. The maximum absolute atomic E-state index is 12.9. The lowest BCUT2D eigenvalue weighted by Crippen LogP contribution is -2.44. The molecule has 0 unspecified atom stereocenters. The van der Waals surface area contributed by atoms with E-state index in [0.717, 1.165) is 38.5 Å². The highest BCUT2D eigenvalue weighted by Gasteiger charge is 2.51. The first kappa shape index (κ1) is 44.5. The number of carbonyl (C=O) groups excluding carboxylic acids is 2. The van der Waals surface area contributed by atoms with E-state index in [1.54, 1.807) is 6.92 Å². The minimum atomic E-state index is -0.783. The van der Waals surface area contributed by atoms with Gasteiger partial charge in [-0.25, -0.2) is 0 Å². The summed E-state index contributed by atoms with van der Waals surface area (Å²) >= 11 is 0. The number of allylic oxidation sites excluding steroid dienone is 1. The van der Waals surface area contributed by atoms with Gasteiger partial charge in [-0.05, 0) is 103 Å². The standard InChI is InChI=1S/C41H72O9/c1-25(21-29(5)34(43)24-35(44)30(6)22-27(3)20-26(2)14-15-38(46)47)12-11-13-28(4)39(48)31(7)36(45)23-33-16-18-41(10,49-33)37-17-19-40(9,50-37)32(8)42/h11,13,25-33,36-37,39,42,45,48H,12,14-24H2,1-10H3,(H,46,47)/t25-,26-,27+,28-,29-,30+,31+,32-,33+,36+,37-,39-,40+,41+/m1/s1. The molecule has 0 spiro atoms. The Hall–Kier alpha value is -1.65. The number of carbonyl (C=O) groups is 3. The number of aliphatic hydroxyl groups excluding tert-OH is 3. The molecule has 4 N–H and O–H groups in total. The summed E-state index contributed by atoms with van der Waals surface area (Å²) in [6.45, 7) is 19.6. The molecule has 0 aromatic heterocycles. The van der Waals surface area contributed by atoms with E-state index in [4.69, 9.17) is 14.6 Å². The van der Waals surface area contributed by atoms with E-state index in [1.807, 2.05) is 47.6 Å². The van der Waals surface area contributed by atoms with Crippen molar-refractivity contribution in [2.75, 3.05) is 0 Å². The van der Waals surface area contributed by atoms with Crippen LogP contribution < -0.4 is 0 Å². The normalized spacial score (nSPS) is 30.3. The zero-order valence-corrected chi connectivity index (χ0v) is 32.9. The molecule has 290 valence electrons. The van der Waals surface area contributed by atoms with E-state index in [9.17, 15) is 29.7 Å².